The van der Waals surface area contributed by atoms with Gasteiger partial charge in [-0.3, -0.25) is 9.74 Å². The molecule has 25 heavy (non-hydrogen) atoms. The van der Waals surface area contributed by atoms with Crippen molar-refractivity contribution in [2.75, 3.05) is 19.1 Å². The molecule has 0 spiro atoms. The molecule has 1 unspecified atom stereocenters. The van der Waals surface area contributed by atoms with Crippen molar-refractivity contribution in [3.8, 4) is 0 Å². The Morgan fingerprint density at radius 1 is 1.24 bits per heavy atom. The normalized spacial score (nSPS) is 14.5. The molecule has 0 fully saturated rings. The number of alkyl halides is 3. The van der Waals surface area contributed by atoms with E-state index in [0.717, 1.165) is 36.3 Å². The van der Waals surface area contributed by atoms with Gasteiger partial charge in [0, 0.05) is 18.3 Å². The number of hydrogen-bond acceptors (Lipinski definition) is 6. The lowest BCUT2D eigenvalue weighted by Crippen LogP contribution is -2.49. The maximum absolute atomic E-state index is 13.1. The van der Waals surface area contributed by atoms with E-state index in [9.17, 15) is 27.9 Å². The standard InChI is InChI=1S/C14H14ClF3N2O5/c1-8(15)19-25-12(22)20(2)10-6-4-9(5-7-10)13(23,11(21)24-3)14(16,17)18/h4-7,23H,1-3H3/b19-8+. The molecule has 0 aliphatic heterocycles. The summed E-state index contributed by atoms with van der Waals surface area (Å²) in [5, 5.41) is 13.0. The van der Waals surface area contributed by atoms with E-state index in [4.69, 9.17) is 11.6 Å². The highest BCUT2D eigenvalue weighted by Crippen LogP contribution is 2.40. The van der Waals surface area contributed by atoms with Crippen molar-refractivity contribution in [1.82, 2.24) is 0 Å². The second kappa shape index (κ2) is 7.70. The molecule has 0 saturated heterocycles. The smallest absolute Gasteiger partial charge is 0.440 e. The molecule has 138 valence electrons. The summed E-state index contributed by atoms with van der Waals surface area (Å²) in [5.74, 6) is -1.88. The average Bonchev–Trinajstić information content (AvgIpc) is 2.56. The first-order chi connectivity index (χ1) is 11.4. The van der Waals surface area contributed by atoms with Crippen molar-refractivity contribution in [2.45, 2.75) is 18.7 Å². The maximum atomic E-state index is 13.1. The van der Waals surface area contributed by atoms with Crippen LogP contribution in [0.2, 0.25) is 0 Å². The predicted octanol–water partition coefficient (Wildman–Crippen LogP) is 2.75. The highest BCUT2D eigenvalue weighted by molar-refractivity contribution is 6.64. The van der Waals surface area contributed by atoms with Crippen LogP contribution < -0.4 is 4.90 Å². The molecular formula is C14H14ClF3N2O5. The Morgan fingerprint density at radius 2 is 1.76 bits per heavy atom. The first-order valence-corrected chi connectivity index (χ1v) is 6.95. The number of rotatable bonds is 4. The number of aliphatic hydroxyl groups is 1. The van der Waals surface area contributed by atoms with E-state index in [-0.39, 0.29) is 10.9 Å². The van der Waals surface area contributed by atoms with Crippen molar-refractivity contribution >= 4 is 34.5 Å². The van der Waals surface area contributed by atoms with Gasteiger partial charge in [0.05, 0.1) is 7.11 Å². The molecule has 0 saturated carbocycles. The number of nitrogens with zero attached hydrogens (tertiary/aromatic N) is 2. The summed E-state index contributed by atoms with van der Waals surface area (Å²) in [6, 6.07) is 3.82. The van der Waals surface area contributed by atoms with Crippen LogP contribution in [0, 0.1) is 0 Å². The first kappa shape index (κ1) is 20.7. The number of amides is 1. The Hall–Kier alpha value is -2.33. The van der Waals surface area contributed by atoms with E-state index in [2.05, 4.69) is 14.7 Å². The topological polar surface area (TPSA) is 88.4 Å². The number of ether oxygens (including phenoxy) is 1. The minimum absolute atomic E-state index is 0.0367. The van der Waals surface area contributed by atoms with Gasteiger partial charge in [0.15, 0.2) is 0 Å². The van der Waals surface area contributed by atoms with Crippen molar-refractivity contribution in [3.05, 3.63) is 29.8 Å². The number of anilines is 1. The first-order valence-electron chi connectivity index (χ1n) is 6.58. The summed E-state index contributed by atoms with van der Waals surface area (Å²) in [4.78, 5) is 28.5. The molecular weight excluding hydrogens is 369 g/mol. The average molecular weight is 383 g/mol. The minimum atomic E-state index is -5.31. The van der Waals surface area contributed by atoms with Gasteiger partial charge >= 0.3 is 18.2 Å². The van der Waals surface area contributed by atoms with Crippen LogP contribution >= 0.6 is 11.6 Å². The molecule has 11 heteroatoms. The SMILES string of the molecule is COC(=O)C(O)(c1ccc(N(C)C(=O)O/N=C(\C)Cl)cc1)C(F)(F)F. The number of halogens is 4. The highest BCUT2D eigenvalue weighted by Gasteiger charge is 2.62. The monoisotopic (exact) mass is 382 g/mol. The van der Waals surface area contributed by atoms with Gasteiger partial charge in [-0.2, -0.15) is 13.2 Å². The van der Waals surface area contributed by atoms with Gasteiger partial charge < -0.3 is 9.84 Å². The third kappa shape index (κ3) is 4.40. The van der Waals surface area contributed by atoms with E-state index in [1.807, 2.05) is 0 Å². The summed E-state index contributed by atoms with van der Waals surface area (Å²) in [7, 11) is 1.99. The Kier molecular flexibility index (Phi) is 6.38. The summed E-state index contributed by atoms with van der Waals surface area (Å²) >= 11 is 5.41. The minimum Gasteiger partial charge on any atom is -0.466 e. The van der Waals surface area contributed by atoms with Crippen LogP contribution in [-0.4, -0.2) is 42.7 Å². The van der Waals surface area contributed by atoms with Gasteiger partial charge in [0.2, 0.25) is 0 Å². The van der Waals surface area contributed by atoms with Crippen molar-refractivity contribution < 1.29 is 37.4 Å². The molecule has 0 aliphatic carbocycles. The molecule has 1 N–H and O–H groups in total. The quantitative estimate of drug-likeness (QED) is 0.374. The van der Waals surface area contributed by atoms with Crippen LogP contribution in [0.15, 0.2) is 29.4 Å². The van der Waals surface area contributed by atoms with E-state index >= 15 is 0 Å². The summed E-state index contributed by atoms with van der Waals surface area (Å²) < 4.78 is 43.4. The summed E-state index contributed by atoms with van der Waals surface area (Å²) in [6.07, 6.45) is -6.26. The fourth-order valence-corrected chi connectivity index (χ4v) is 1.77. The number of methoxy groups -OCH3 is 1. The van der Waals surface area contributed by atoms with E-state index < -0.39 is 29.4 Å². The van der Waals surface area contributed by atoms with Crippen LogP contribution in [0.3, 0.4) is 0 Å². The number of benzene rings is 1. The van der Waals surface area contributed by atoms with Crippen LogP contribution in [0.25, 0.3) is 0 Å². The van der Waals surface area contributed by atoms with Gasteiger partial charge in [-0.15, -0.1) is 0 Å². The Balaban J connectivity index is 3.14. The third-order valence-corrected chi connectivity index (χ3v) is 3.16. The molecule has 0 aliphatic rings. The molecule has 1 aromatic carbocycles. The zero-order valence-electron chi connectivity index (χ0n) is 13.3. The lowest BCUT2D eigenvalue weighted by atomic mass is 9.93. The molecule has 0 radical (unpaired) electrons. The van der Waals surface area contributed by atoms with E-state index in [1.54, 1.807) is 0 Å². The fraction of sp³-hybridized carbons (Fsp3) is 0.357. The largest absolute Gasteiger partial charge is 0.466 e. The Morgan fingerprint density at radius 3 is 2.16 bits per heavy atom. The van der Waals surface area contributed by atoms with E-state index in [0.29, 0.717) is 0 Å². The lowest BCUT2D eigenvalue weighted by Gasteiger charge is -2.28. The van der Waals surface area contributed by atoms with Gasteiger partial charge in [0.1, 0.15) is 5.17 Å². The van der Waals surface area contributed by atoms with Crippen LogP contribution in [0.4, 0.5) is 23.7 Å². The van der Waals surface area contributed by atoms with Crippen LogP contribution in [0.1, 0.15) is 12.5 Å². The Bertz CT molecular complexity index is 674. The van der Waals surface area contributed by atoms with E-state index in [1.165, 1.54) is 14.0 Å². The molecule has 1 aromatic rings. The molecule has 7 nitrogen and oxygen atoms in total. The molecule has 1 amide bonds. The maximum Gasteiger partial charge on any atom is 0.440 e. The number of carbonyl (C=O) groups excluding carboxylic acids is 2. The summed E-state index contributed by atoms with van der Waals surface area (Å²) in [6.45, 7) is 1.37. The zero-order valence-corrected chi connectivity index (χ0v) is 14.1. The molecule has 0 heterocycles. The van der Waals surface area contributed by atoms with Gasteiger partial charge in [-0.25, -0.2) is 9.59 Å². The highest BCUT2D eigenvalue weighted by atomic mass is 35.5. The van der Waals surface area contributed by atoms with Crippen LogP contribution in [-0.2, 0) is 20.0 Å². The van der Waals surface area contributed by atoms with Gasteiger partial charge in [0.25, 0.3) is 5.60 Å². The second-order valence-corrected chi connectivity index (χ2v) is 5.30. The number of carbonyl (C=O) groups is 2. The fourth-order valence-electron chi connectivity index (χ4n) is 1.74. The summed E-state index contributed by atoms with van der Waals surface area (Å²) in [5.41, 5.74) is -4.49. The van der Waals surface area contributed by atoms with Gasteiger partial charge in [-0.05, 0) is 19.1 Å². The van der Waals surface area contributed by atoms with Crippen molar-refractivity contribution in [1.29, 1.82) is 0 Å². The van der Waals surface area contributed by atoms with Crippen LogP contribution in [0.5, 0.6) is 0 Å². The molecule has 1 rings (SSSR count). The molecule has 0 aromatic heterocycles. The van der Waals surface area contributed by atoms with Crippen molar-refractivity contribution in [3.63, 3.8) is 0 Å². The Labute approximate surface area is 145 Å². The third-order valence-electron chi connectivity index (χ3n) is 3.09. The number of hydrogen-bond donors (Lipinski definition) is 1. The van der Waals surface area contributed by atoms with Crippen molar-refractivity contribution in [2.24, 2.45) is 5.16 Å². The molecule has 0 bridgehead atoms. The lowest BCUT2D eigenvalue weighted by molar-refractivity contribution is -0.266. The molecule has 1 atom stereocenters. The van der Waals surface area contributed by atoms with Gasteiger partial charge in [-0.1, -0.05) is 28.9 Å². The second-order valence-electron chi connectivity index (χ2n) is 4.75. The zero-order chi connectivity index (χ0) is 19.4. The number of oxime groups is 1. The predicted molar refractivity (Wildman–Crippen MR) is 82.3 cm³/mol. The number of esters is 1.